The molecule has 25 heavy (non-hydrogen) atoms. The number of rotatable bonds is 4. The molecule has 2 atom stereocenters. The van der Waals surface area contributed by atoms with E-state index in [0.717, 1.165) is 50.4 Å². The van der Waals surface area contributed by atoms with Crippen LogP contribution in [0.2, 0.25) is 0 Å². The number of halogens is 2. The maximum absolute atomic E-state index is 13.0. The summed E-state index contributed by atoms with van der Waals surface area (Å²) < 4.78 is 32.0. The van der Waals surface area contributed by atoms with Gasteiger partial charge in [0, 0.05) is 26.1 Å². The minimum atomic E-state index is -0.447. The van der Waals surface area contributed by atoms with Crippen LogP contribution in [-0.2, 0) is 11.3 Å². The first kappa shape index (κ1) is 16.4. The molecule has 1 spiro atoms. The van der Waals surface area contributed by atoms with E-state index in [-0.39, 0.29) is 17.5 Å². The van der Waals surface area contributed by atoms with E-state index < -0.39 is 5.82 Å². The Kier molecular flexibility index (Phi) is 4.35. The Morgan fingerprint density at radius 1 is 1.16 bits per heavy atom. The van der Waals surface area contributed by atoms with Crippen molar-refractivity contribution < 1.29 is 13.5 Å². The molecule has 3 heterocycles. The quantitative estimate of drug-likeness (QED) is 0.922. The van der Waals surface area contributed by atoms with Crippen molar-refractivity contribution in [2.75, 3.05) is 25.0 Å². The lowest BCUT2D eigenvalue weighted by molar-refractivity contribution is 0.0120. The predicted molar refractivity (Wildman–Crippen MR) is 89.0 cm³/mol. The topological polar surface area (TPSA) is 50.3 Å². The molecule has 1 aromatic heterocycles. The molecule has 0 aliphatic carbocycles. The van der Waals surface area contributed by atoms with Crippen LogP contribution < -0.4 is 5.32 Å². The highest BCUT2D eigenvalue weighted by molar-refractivity contribution is 5.26. The van der Waals surface area contributed by atoms with Gasteiger partial charge in [0.05, 0.1) is 30.6 Å². The molecule has 1 N–H and O–H groups in total. The molecule has 0 saturated carbocycles. The van der Waals surface area contributed by atoms with Gasteiger partial charge in [0.1, 0.15) is 5.82 Å². The summed E-state index contributed by atoms with van der Waals surface area (Å²) in [7, 11) is 0. The van der Waals surface area contributed by atoms with Crippen LogP contribution in [0.4, 0.5) is 14.7 Å². The molecule has 1 aromatic carbocycles. The van der Waals surface area contributed by atoms with E-state index >= 15 is 0 Å². The van der Waals surface area contributed by atoms with Crippen LogP contribution in [0.25, 0.3) is 0 Å². The summed E-state index contributed by atoms with van der Waals surface area (Å²) in [5, 5.41) is 3.22. The molecular formula is C18H20F2N4O. The molecular weight excluding hydrogens is 326 g/mol. The van der Waals surface area contributed by atoms with Crippen LogP contribution in [0.15, 0.2) is 36.7 Å². The fourth-order valence-corrected chi connectivity index (χ4v) is 3.70. The number of hydrogen-bond donors (Lipinski definition) is 1. The summed E-state index contributed by atoms with van der Waals surface area (Å²) in [4.78, 5) is 10.2. The first-order valence-corrected chi connectivity index (χ1v) is 8.45. The van der Waals surface area contributed by atoms with Gasteiger partial charge in [-0.05, 0) is 24.1 Å². The second-order valence-electron chi connectivity index (χ2n) is 6.85. The van der Waals surface area contributed by atoms with Gasteiger partial charge in [-0.15, -0.1) is 0 Å². The highest BCUT2D eigenvalue weighted by Gasteiger charge is 2.45. The van der Waals surface area contributed by atoms with Gasteiger partial charge in [0.25, 0.3) is 0 Å². The minimum absolute atomic E-state index is 0.122. The molecule has 7 heteroatoms. The number of nitrogens with zero attached hydrogens (tertiary/aromatic N) is 3. The zero-order valence-electron chi connectivity index (χ0n) is 13.8. The van der Waals surface area contributed by atoms with Crippen LogP contribution in [0.5, 0.6) is 0 Å². The zero-order chi connectivity index (χ0) is 17.3. The lowest BCUT2D eigenvalue weighted by Crippen LogP contribution is -2.33. The standard InChI is InChI=1S/C18H20F2N4O/c19-14-3-1-13(2-4-14)10-24-6-5-18(12-24)7-16(11-25-18)23-17-21-8-15(20)9-22-17/h1-4,8-9,16H,5-7,10-12H2,(H,21,22,23)/t16-,18-/m1/s1. The predicted octanol–water partition coefficient (Wildman–Crippen LogP) is 2.60. The second kappa shape index (κ2) is 6.65. The van der Waals surface area contributed by atoms with E-state index in [1.54, 1.807) is 0 Å². The first-order chi connectivity index (χ1) is 12.1. The molecule has 2 aliphatic heterocycles. The van der Waals surface area contributed by atoms with Gasteiger partial charge < -0.3 is 10.1 Å². The largest absolute Gasteiger partial charge is 0.371 e. The van der Waals surface area contributed by atoms with Gasteiger partial charge in [0.2, 0.25) is 5.95 Å². The van der Waals surface area contributed by atoms with Gasteiger partial charge in [-0.3, -0.25) is 4.90 Å². The fourth-order valence-electron chi connectivity index (χ4n) is 3.70. The monoisotopic (exact) mass is 346 g/mol. The Morgan fingerprint density at radius 2 is 1.92 bits per heavy atom. The summed E-state index contributed by atoms with van der Waals surface area (Å²) in [6.07, 6.45) is 4.14. The van der Waals surface area contributed by atoms with Gasteiger partial charge in [0.15, 0.2) is 5.82 Å². The van der Waals surface area contributed by atoms with E-state index in [0.29, 0.717) is 12.6 Å². The molecule has 132 valence electrons. The van der Waals surface area contributed by atoms with Crippen LogP contribution >= 0.6 is 0 Å². The lowest BCUT2D eigenvalue weighted by Gasteiger charge is -2.23. The lowest BCUT2D eigenvalue weighted by atomic mass is 9.97. The van der Waals surface area contributed by atoms with Gasteiger partial charge in [-0.1, -0.05) is 12.1 Å². The van der Waals surface area contributed by atoms with Gasteiger partial charge in [-0.2, -0.15) is 0 Å². The van der Waals surface area contributed by atoms with Crippen molar-refractivity contribution in [1.29, 1.82) is 0 Å². The van der Waals surface area contributed by atoms with Crippen LogP contribution in [0.3, 0.4) is 0 Å². The summed E-state index contributed by atoms with van der Waals surface area (Å²) in [5.74, 6) is -0.233. The number of ether oxygens (including phenoxy) is 1. The van der Waals surface area contributed by atoms with Crippen molar-refractivity contribution in [2.24, 2.45) is 0 Å². The maximum Gasteiger partial charge on any atom is 0.223 e. The van der Waals surface area contributed by atoms with Gasteiger partial charge in [-0.25, -0.2) is 18.7 Å². The maximum atomic E-state index is 13.0. The highest BCUT2D eigenvalue weighted by atomic mass is 19.1. The van der Waals surface area contributed by atoms with Crippen molar-refractivity contribution >= 4 is 5.95 Å². The van der Waals surface area contributed by atoms with E-state index in [1.165, 1.54) is 12.1 Å². The Hall–Kier alpha value is -2.12. The molecule has 5 nitrogen and oxygen atoms in total. The molecule has 4 rings (SSSR count). The van der Waals surface area contributed by atoms with Crippen molar-refractivity contribution in [3.8, 4) is 0 Å². The first-order valence-electron chi connectivity index (χ1n) is 8.45. The number of benzene rings is 1. The summed E-state index contributed by atoms with van der Waals surface area (Å²) in [6.45, 7) is 3.19. The van der Waals surface area contributed by atoms with Gasteiger partial charge >= 0.3 is 0 Å². The van der Waals surface area contributed by atoms with E-state index in [1.807, 2.05) is 12.1 Å². The molecule has 0 amide bonds. The molecule has 2 saturated heterocycles. The van der Waals surface area contributed by atoms with Crippen molar-refractivity contribution in [3.05, 3.63) is 53.9 Å². The van der Waals surface area contributed by atoms with E-state index in [9.17, 15) is 8.78 Å². The molecule has 2 aromatic rings. The third-order valence-corrected chi connectivity index (χ3v) is 4.88. The molecule has 2 fully saturated rings. The number of aromatic nitrogens is 2. The number of nitrogens with one attached hydrogen (secondary N) is 1. The molecule has 0 bridgehead atoms. The van der Waals surface area contributed by atoms with E-state index in [4.69, 9.17) is 4.74 Å². The SMILES string of the molecule is Fc1ccc(CN2CC[C@@]3(C[C@@H](Nc4ncc(F)cn4)CO3)C2)cc1. The van der Waals surface area contributed by atoms with Crippen molar-refractivity contribution in [2.45, 2.75) is 31.0 Å². The van der Waals surface area contributed by atoms with Crippen molar-refractivity contribution in [1.82, 2.24) is 14.9 Å². The Bertz CT molecular complexity index is 659. The highest BCUT2D eigenvalue weighted by Crippen LogP contribution is 2.36. The molecule has 2 aliphatic rings. The normalized spacial score (nSPS) is 26.4. The zero-order valence-corrected chi connectivity index (χ0v) is 13.8. The van der Waals surface area contributed by atoms with Crippen molar-refractivity contribution in [3.63, 3.8) is 0 Å². The summed E-state index contributed by atoms with van der Waals surface area (Å²) in [6, 6.07) is 6.76. The Balaban J connectivity index is 1.33. The smallest absolute Gasteiger partial charge is 0.223 e. The number of hydrogen-bond acceptors (Lipinski definition) is 5. The second-order valence-corrected chi connectivity index (χ2v) is 6.85. The minimum Gasteiger partial charge on any atom is -0.371 e. The average Bonchev–Trinajstić information content (AvgIpc) is 3.19. The Morgan fingerprint density at radius 3 is 2.68 bits per heavy atom. The fraction of sp³-hybridized carbons (Fsp3) is 0.444. The van der Waals surface area contributed by atoms with E-state index in [2.05, 4.69) is 20.2 Å². The molecule has 0 unspecified atom stereocenters. The average molecular weight is 346 g/mol. The summed E-state index contributed by atoms with van der Waals surface area (Å²) >= 11 is 0. The number of likely N-dealkylation sites (tertiary alicyclic amines) is 1. The molecule has 0 radical (unpaired) electrons. The summed E-state index contributed by atoms with van der Waals surface area (Å²) in [5.41, 5.74) is 0.948. The third kappa shape index (κ3) is 3.77. The Labute approximate surface area is 145 Å². The van der Waals surface area contributed by atoms with Crippen LogP contribution in [0, 0.1) is 11.6 Å². The van der Waals surface area contributed by atoms with Crippen LogP contribution in [0.1, 0.15) is 18.4 Å². The number of anilines is 1. The van der Waals surface area contributed by atoms with Crippen LogP contribution in [-0.4, -0.2) is 46.2 Å². The third-order valence-electron chi connectivity index (χ3n) is 4.88.